The highest BCUT2D eigenvalue weighted by Crippen LogP contribution is 2.40. The lowest BCUT2D eigenvalue weighted by Crippen LogP contribution is -2.41. The second-order valence-corrected chi connectivity index (χ2v) is 11.1. The number of carbonyl (C=O) groups excluding carboxylic acids is 1. The van der Waals surface area contributed by atoms with Crippen molar-refractivity contribution in [2.24, 2.45) is 5.92 Å². The zero-order valence-electron chi connectivity index (χ0n) is 22.5. The van der Waals surface area contributed by atoms with Gasteiger partial charge in [-0.2, -0.15) is 0 Å². The molecule has 1 aromatic heterocycles. The Morgan fingerprint density at radius 3 is 2.70 bits per heavy atom. The zero-order chi connectivity index (χ0) is 26.2. The number of hydrogen-bond acceptors (Lipinski definition) is 4. The van der Waals surface area contributed by atoms with E-state index in [1.165, 1.54) is 30.4 Å². The molecule has 2 unspecified atom stereocenters. The predicted molar refractivity (Wildman–Crippen MR) is 151 cm³/mol. The average molecular weight is 528 g/mol. The molecule has 0 saturated carbocycles. The molecule has 0 radical (unpaired) electrons. The molecule has 1 amide bonds. The highest BCUT2D eigenvalue weighted by Gasteiger charge is 2.37. The number of fused-ring (bicyclic) bond motifs is 3. The molecule has 2 heterocycles. The van der Waals surface area contributed by atoms with E-state index < -0.39 is 0 Å². The minimum atomic E-state index is -0.267. The lowest BCUT2D eigenvalue weighted by atomic mass is 9.89. The molecule has 0 spiro atoms. The van der Waals surface area contributed by atoms with Gasteiger partial charge in [-0.25, -0.2) is 4.79 Å². The van der Waals surface area contributed by atoms with Crippen molar-refractivity contribution in [3.63, 3.8) is 0 Å². The fourth-order valence-electron chi connectivity index (χ4n) is 5.18. The lowest BCUT2D eigenvalue weighted by Gasteiger charge is -2.36. The molecule has 4 rings (SSSR count). The average Bonchev–Trinajstić information content (AvgIpc) is 3.26. The molecule has 2 aliphatic rings. The minimum absolute atomic E-state index is 0.00401. The molecule has 7 heteroatoms. The number of H-pyrrole nitrogens is 1. The van der Waals surface area contributed by atoms with Gasteiger partial charge in [0.05, 0.1) is 18.6 Å². The molecule has 0 bridgehead atoms. The maximum absolute atomic E-state index is 13.2. The number of unbranched alkanes of at least 4 members (excludes halogenated alkanes) is 3. The van der Waals surface area contributed by atoms with Crippen LogP contribution in [-0.4, -0.2) is 54.2 Å². The quantitative estimate of drug-likeness (QED) is 0.245. The number of aromatic nitrogens is 1. The maximum Gasteiger partial charge on any atom is 0.410 e. The number of ether oxygens (including phenoxy) is 2. The number of hydrogen-bond donors (Lipinski definition) is 2. The number of carbonyl (C=O) groups is 1. The van der Waals surface area contributed by atoms with Crippen molar-refractivity contribution in [3.8, 4) is 5.75 Å². The molecule has 1 aliphatic carbocycles. The lowest BCUT2D eigenvalue weighted by molar-refractivity contribution is 0.0796. The number of nitrogens with one attached hydrogen (secondary N) is 2. The van der Waals surface area contributed by atoms with Crippen molar-refractivity contribution in [1.29, 1.82) is 0 Å². The van der Waals surface area contributed by atoms with Crippen LogP contribution in [0.3, 0.4) is 0 Å². The van der Waals surface area contributed by atoms with Crippen LogP contribution in [0.1, 0.15) is 80.6 Å². The van der Waals surface area contributed by atoms with Gasteiger partial charge in [0.1, 0.15) is 11.8 Å². The van der Waals surface area contributed by atoms with Gasteiger partial charge in [0.15, 0.2) is 0 Å². The monoisotopic (exact) mass is 527 g/mol. The van der Waals surface area contributed by atoms with Crippen molar-refractivity contribution >= 4 is 23.8 Å². The Labute approximate surface area is 226 Å². The van der Waals surface area contributed by atoms with Crippen LogP contribution in [0.5, 0.6) is 5.75 Å². The number of alkyl halides is 1. The van der Waals surface area contributed by atoms with Gasteiger partial charge >= 0.3 is 6.09 Å². The Kier molecular flexibility index (Phi) is 9.98. The smallest absolute Gasteiger partial charge is 0.410 e. The third-order valence-corrected chi connectivity index (χ3v) is 7.38. The summed E-state index contributed by atoms with van der Waals surface area (Å²) in [6, 6.07) is 7.96. The summed E-state index contributed by atoms with van der Waals surface area (Å²) in [7, 11) is 0. The summed E-state index contributed by atoms with van der Waals surface area (Å²) in [5, 5.41) is 3.37. The SMILES string of the molecule is CCNCCCCCCOc1ccc(C2c3[nH]c4c(c3CCN2C(=O)OCC(C)C)CC(Cl)C=C4)cc1. The van der Waals surface area contributed by atoms with E-state index in [-0.39, 0.29) is 23.4 Å². The second-order valence-electron chi connectivity index (χ2n) is 10.5. The van der Waals surface area contributed by atoms with Crippen LogP contribution in [0.2, 0.25) is 0 Å². The van der Waals surface area contributed by atoms with Crippen LogP contribution in [0.15, 0.2) is 30.3 Å². The molecule has 6 nitrogen and oxygen atoms in total. The summed E-state index contributed by atoms with van der Waals surface area (Å²) >= 11 is 6.45. The highest BCUT2D eigenvalue weighted by molar-refractivity contribution is 6.22. The standard InChI is InChI=1S/C30H42ClN3O3/c1-4-32-16-7-5-6-8-18-36-24-12-9-22(10-13-24)29-28-25(26-19-23(31)11-14-27(26)33-28)15-17-34(29)30(35)37-20-21(2)3/h9-14,21,23,29,32-33H,4-8,15-20H2,1-3H3. The number of rotatable bonds is 12. The van der Waals surface area contributed by atoms with E-state index in [4.69, 9.17) is 21.1 Å². The normalized spacial score (nSPS) is 18.6. The first kappa shape index (κ1) is 27.6. The zero-order valence-corrected chi connectivity index (χ0v) is 23.3. The molecule has 0 fully saturated rings. The maximum atomic E-state index is 13.2. The topological polar surface area (TPSA) is 66.6 Å². The van der Waals surface area contributed by atoms with Crippen LogP contribution in [-0.2, 0) is 17.6 Å². The molecule has 1 aromatic carbocycles. The molecule has 0 saturated heterocycles. The first-order valence-electron chi connectivity index (χ1n) is 13.9. The Bertz CT molecular complexity index is 1050. The van der Waals surface area contributed by atoms with Gasteiger partial charge in [-0.05, 0) is 79.6 Å². The Morgan fingerprint density at radius 2 is 1.95 bits per heavy atom. The van der Waals surface area contributed by atoms with E-state index in [0.717, 1.165) is 61.7 Å². The van der Waals surface area contributed by atoms with Crippen LogP contribution in [0.4, 0.5) is 4.79 Å². The van der Waals surface area contributed by atoms with E-state index in [2.05, 4.69) is 49.3 Å². The first-order valence-corrected chi connectivity index (χ1v) is 14.3. The number of amides is 1. The fraction of sp³-hybridized carbons (Fsp3) is 0.567. The van der Waals surface area contributed by atoms with E-state index >= 15 is 0 Å². The third-order valence-electron chi connectivity index (χ3n) is 7.08. The molecule has 37 heavy (non-hydrogen) atoms. The van der Waals surface area contributed by atoms with Crippen LogP contribution in [0, 0.1) is 5.92 Å². The number of benzene rings is 1. The van der Waals surface area contributed by atoms with E-state index in [1.807, 2.05) is 23.1 Å². The van der Waals surface area contributed by atoms with Crippen molar-refractivity contribution in [3.05, 3.63) is 58.4 Å². The molecule has 2 atom stereocenters. The van der Waals surface area contributed by atoms with Gasteiger partial charge in [0.25, 0.3) is 0 Å². The minimum Gasteiger partial charge on any atom is -0.494 e. The second kappa shape index (κ2) is 13.4. The van der Waals surface area contributed by atoms with Crippen LogP contribution in [0.25, 0.3) is 6.08 Å². The summed E-state index contributed by atoms with van der Waals surface area (Å²) in [6.07, 6.45) is 10.1. The molecule has 202 valence electrons. The fourth-order valence-corrected chi connectivity index (χ4v) is 5.41. The largest absolute Gasteiger partial charge is 0.494 e. The van der Waals surface area contributed by atoms with Crippen molar-refractivity contribution in [1.82, 2.24) is 15.2 Å². The van der Waals surface area contributed by atoms with Crippen LogP contribution < -0.4 is 10.1 Å². The van der Waals surface area contributed by atoms with Gasteiger partial charge in [-0.15, -0.1) is 11.6 Å². The molecule has 1 aliphatic heterocycles. The summed E-state index contributed by atoms with van der Waals surface area (Å²) < 4.78 is 11.7. The van der Waals surface area contributed by atoms with E-state index in [1.54, 1.807) is 0 Å². The summed E-state index contributed by atoms with van der Waals surface area (Å²) in [6.45, 7) is 10.1. The summed E-state index contributed by atoms with van der Waals surface area (Å²) in [5.41, 5.74) is 5.79. The highest BCUT2D eigenvalue weighted by atomic mass is 35.5. The predicted octanol–water partition coefficient (Wildman–Crippen LogP) is 6.48. The number of nitrogens with zero attached hydrogens (tertiary/aromatic N) is 1. The molecule has 2 N–H and O–H groups in total. The van der Waals surface area contributed by atoms with E-state index in [9.17, 15) is 4.79 Å². The molecular formula is C30H42ClN3O3. The molecule has 2 aromatic rings. The van der Waals surface area contributed by atoms with Crippen molar-refractivity contribution in [2.45, 2.75) is 70.7 Å². The number of allylic oxidation sites excluding steroid dienone is 1. The Hall–Kier alpha value is -2.44. The van der Waals surface area contributed by atoms with Gasteiger partial charge in [-0.3, -0.25) is 4.90 Å². The third kappa shape index (κ3) is 7.11. The summed E-state index contributed by atoms with van der Waals surface area (Å²) in [5.74, 6) is 1.15. The summed E-state index contributed by atoms with van der Waals surface area (Å²) in [4.78, 5) is 18.7. The number of halogens is 1. The van der Waals surface area contributed by atoms with Crippen molar-refractivity contribution < 1.29 is 14.3 Å². The van der Waals surface area contributed by atoms with Gasteiger partial charge < -0.3 is 19.8 Å². The van der Waals surface area contributed by atoms with Gasteiger partial charge in [0.2, 0.25) is 0 Å². The Balaban J connectivity index is 1.46. The molecular weight excluding hydrogens is 486 g/mol. The Morgan fingerprint density at radius 1 is 1.16 bits per heavy atom. The van der Waals surface area contributed by atoms with Gasteiger partial charge in [-0.1, -0.05) is 51.8 Å². The van der Waals surface area contributed by atoms with Crippen molar-refractivity contribution in [2.75, 3.05) is 32.8 Å². The van der Waals surface area contributed by atoms with Gasteiger partial charge in [0, 0.05) is 17.9 Å². The first-order chi connectivity index (χ1) is 18.0. The van der Waals surface area contributed by atoms with E-state index in [0.29, 0.717) is 13.2 Å². The van der Waals surface area contributed by atoms with Crippen LogP contribution >= 0.6 is 11.6 Å². The number of aromatic amines is 1.